The van der Waals surface area contributed by atoms with Crippen LogP contribution in [0.4, 0.5) is 22.0 Å². The molecular weight excluding hydrogens is 339 g/mol. The number of ether oxygens (including phenoxy) is 1. The molecule has 10 heteroatoms. The molecule has 0 atom stereocenters. The van der Waals surface area contributed by atoms with Crippen LogP contribution in [-0.2, 0) is 10.7 Å². The summed E-state index contributed by atoms with van der Waals surface area (Å²) in [4.78, 5) is 15.0. The third kappa shape index (κ3) is 3.64. The van der Waals surface area contributed by atoms with E-state index in [1.807, 2.05) is 0 Å². The molecule has 1 aromatic heterocycles. The number of aromatic nitrogens is 1. The van der Waals surface area contributed by atoms with Crippen molar-refractivity contribution in [2.24, 2.45) is 0 Å². The quantitative estimate of drug-likeness (QED) is 0.640. The molecular formula is C14H13F5N2O3. The molecule has 0 spiro atoms. The van der Waals surface area contributed by atoms with Crippen molar-refractivity contribution in [3.05, 3.63) is 29.7 Å². The van der Waals surface area contributed by atoms with Crippen LogP contribution in [0.2, 0.25) is 0 Å². The summed E-state index contributed by atoms with van der Waals surface area (Å²) in [5.74, 6) is -7.50. The van der Waals surface area contributed by atoms with Crippen LogP contribution >= 0.6 is 0 Å². The van der Waals surface area contributed by atoms with E-state index in [0.29, 0.717) is 19.6 Å². The molecule has 0 saturated carbocycles. The summed E-state index contributed by atoms with van der Waals surface area (Å²) in [5.41, 5.74) is -0.485. The molecule has 1 aromatic carbocycles. The summed E-state index contributed by atoms with van der Waals surface area (Å²) < 4.78 is 72.8. The highest BCUT2D eigenvalue weighted by molar-refractivity contribution is 5.97. The van der Waals surface area contributed by atoms with Gasteiger partial charge in [-0.3, -0.25) is 4.79 Å². The number of hydrogen-bond acceptors (Lipinski definition) is 4. The molecule has 0 aliphatic rings. The van der Waals surface area contributed by atoms with E-state index in [0.717, 1.165) is 12.1 Å². The van der Waals surface area contributed by atoms with E-state index >= 15 is 0 Å². The number of carbonyl (C=O) groups excluding carboxylic acids is 1. The number of fused-ring (bicyclic) bond motifs is 1. The number of nitrogens with zero attached hydrogens (tertiary/aromatic N) is 1. The first kappa shape index (κ1) is 18.1. The Kier molecular flexibility index (Phi) is 5.07. The standard InChI is InChI=1S/C14H13F5N2O3/c1-23-6-2-5-20-11(22)8-3-4-9-10(7-8)24-12(21-9)13(15,16)14(17,18)19/h3-4,7H,2,5-6H2,1H3,(H,20,22). The number of halogens is 5. The van der Waals surface area contributed by atoms with Crippen LogP contribution in [0.5, 0.6) is 0 Å². The van der Waals surface area contributed by atoms with Crippen LogP contribution in [0.3, 0.4) is 0 Å². The van der Waals surface area contributed by atoms with E-state index in [1.54, 1.807) is 0 Å². The maximum atomic E-state index is 13.2. The average molecular weight is 352 g/mol. The van der Waals surface area contributed by atoms with Crippen molar-refractivity contribution in [1.29, 1.82) is 0 Å². The SMILES string of the molecule is COCCCNC(=O)c1ccc2nc(C(F)(F)C(F)(F)F)oc2c1. The molecule has 0 bridgehead atoms. The molecule has 0 fully saturated rings. The Morgan fingerprint density at radius 2 is 2.00 bits per heavy atom. The Balaban J connectivity index is 2.21. The molecule has 0 aliphatic carbocycles. The third-order valence-electron chi connectivity index (χ3n) is 3.09. The van der Waals surface area contributed by atoms with Crippen LogP contribution in [0.15, 0.2) is 22.6 Å². The van der Waals surface area contributed by atoms with Crippen molar-refractivity contribution >= 4 is 17.0 Å². The van der Waals surface area contributed by atoms with Gasteiger partial charge in [0.05, 0.1) is 0 Å². The van der Waals surface area contributed by atoms with Crippen molar-refractivity contribution in [2.75, 3.05) is 20.3 Å². The van der Waals surface area contributed by atoms with Crippen molar-refractivity contribution in [2.45, 2.75) is 18.5 Å². The zero-order valence-corrected chi connectivity index (χ0v) is 12.4. The summed E-state index contributed by atoms with van der Waals surface area (Å²) >= 11 is 0. The topological polar surface area (TPSA) is 64.4 Å². The highest BCUT2D eigenvalue weighted by atomic mass is 19.4. The van der Waals surface area contributed by atoms with Gasteiger partial charge in [-0.1, -0.05) is 0 Å². The first-order valence-electron chi connectivity index (χ1n) is 6.79. The molecule has 132 valence electrons. The first-order chi connectivity index (χ1) is 11.2. The fourth-order valence-electron chi connectivity index (χ4n) is 1.84. The van der Waals surface area contributed by atoms with Gasteiger partial charge in [0.15, 0.2) is 5.58 Å². The van der Waals surface area contributed by atoms with Crippen molar-refractivity contribution < 1.29 is 35.9 Å². The van der Waals surface area contributed by atoms with E-state index in [1.165, 1.54) is 13.2 Å². The Bertz CT molecular complexity index is 727. The Labute approximate surface area is 132 Å². The minimum atomic E-state index is -5.82. The van der Waals surface area contributed by atoms with E-state index in [-0.39, 0.29) is 16.7 Å². The number of amides is 1. The van der Waals surface area contributed by atoms with Crippen molar-refractivity contribution in [3.63, 3.8) is 0 Å². The maximum Gasteiger partial charge on any atom is 0.463 e. The molecule has 1 amide bonds. The second-order valence-electron chi connectivity index (χ2n) is 4.88. The van der Waals surface area contributed by atoms with Crippen LogP contribution in [0.1, 0.15) is 22.7 Å². The Morgan fingerprint density at radius 3 is 2.62 bits per heavy atom. The van der Waals surface area contributed by atoms with Gasteiger partial charge in [0, 0.05) is 25.8 Å². The number of hydrogen-bond donors (Lipinski definition) is 1. The van der Waals surface area contributed by atoms with Gasteiger partial charge in [-0.05, 0) is 24.6 Å². The van der Waals surface area contributed by atoms with Crippen LogP contribution < -0.4 is 5.32 Å². The minimum absolute atomic E-state index is 0.0536. The molecule has 2 rings (SSSR count). The summed E-state index contributed by atoms with van der Waals surface area (Å²) in [6.45, 7) is 0.760. The fraction of sp³-hybridized carbons (Fsp3) is 0.429. The minimum Gasteiger partial charge on any atom is -0.435 e. The predicted octanol–water partition coefficient (Wildman–Crippen LogP) is 3.25. The van der Waals surface area contributed by atoms with Gasteiger partial charge >= 0.3 is 12.1 Å². The molecule has 0 radical (unpaired) electrons. The number of carbonyl (C=O) groups is 1. The van der Waals surface area contributed by atoms with E-state index in [4.69, 9.17) is 4.74 Å². The lowest BCUT2D eigenvalue weighted by Crippen LogP contribution is -2.33. The summed E-state index contributed by atoms with van der Waals surface area (Å²) in [5, 5.41) is 2.55. The van der Waals surface area contributed by atoms with Gasteiger partial charge in [0.25, 0.3) is 11.8 Å². The lowest BCUT2D eigenvalue weighted by molar-refractivity contribution is -0.297. The Morgan fingerprint density at radius 1 is 1.29 bits per heavy atom. The molecule has 0 saturated heterocycles. The average Bonchev–Trinajstić information content (AvgIpc) is 2.94. The first-order valence-corrected chi connectivity index (χ1v) is 6.79. The van der Waals surface area contributed by atoms with E-state index in [2.05, 4.69) is 14.7 Å². The molecule has 5 nitrogen and oxygen atoms in total. The predicted molar refractivity (Wildman–Crippen MR) is 72.8 cm³/mol. The summed E-state index contributed by atoms with van der Waals surface area (Å²) in [6.07, 6.45) is -5.26. The monoisotopic (exact) mass is 352 g/mol. The third-order valence-corrected chi connectivity index (χ3v) is 3.09. The maximum absolute atomic E-state index is 13.2. The summed E-state index contributed by atoms with van der Waals surface area (Å²) in [7, 11) is 1.51. The van der Waals surface area contributed by atoms with Gasteiger partial charge in [-0.25, -0.2) is 4.98 Å². The second-order valence-corrected chi connectivity index (χ2v) is 4.88. The number of rotatable bonds is 6. The van der Waals surface area contributed by atoms with Crippen LogP contribution in [0.25, 0.3) is 11.1 Å². The van der Waals surface area contributed by atoms with E-state index in [9.17, 15) is 26.7 Å². The van der Waals surface area contributed by atoms with Gasteiger partial charge in [0.2, 0.25) is 0 Å². The second kappa shape index (κ2) is 6.71. The van der Waals surface area contributed by atoms with Gasteiger partial charge in [-0.2, -0.15) is 22.0 Å². The zero-order valence-electron chi connectivity index (χ0n) is 12.4. The van der Waals surface area contributed by atoms with Crippen molar-refractivity contribution in [3.8, 4) is 0 Å². The molecule has 1 heterocycles. The summed E-state index contributed by atoms with van der Waals surface area (Å²) in [6, 6.07) is 3.45. The molecule has 1 N–H and O–H groups in total. The number of methoxy groups -OCH3 is 1. The lowest BCUT2D eigenvalue weighted by Gasteiger charge is -2.15. The van der Waals surface area contributed by atoms with Crippen molar-refractivity contribution in [1.82, 2.24) is 10.3 Å². The highest BCUT2D eigenvalue weighted by Gasteiger charge is 2.62. The van der Waals surface area contributed by atoms with Crippen LogP contribution in [0, 0.1) is 0 Å². The van der Waals surface area contributed by atoms with E-state index < -0.39 is 23.9 Å². The molecule has 0 unspecified atom stereocenters. The number of alkyl halides is 5. The number of nitrogens with one attached hydrogen (secondary N) is 1. The van der Waals surface area contributed by atoms with Crippen LogP contribution in [-0.4, -0.2) is 37.3 Å². The zero-order chi connectivity index (χ0) is 18.0. The Hall–Kier alpha value is -2.23. The molecule has 24 heavy (non-hydrogen) atoms. The van der Waals surface area contributed by atoms with Gasteiger partial charge in [-0.15, -0.1) is 0 Å². The fourth-order valence-corrected chi connectivity index (χ4v) is 1.84. The smallest absolute Gasteiger partial charge is 0.435 e. The molecule has 2 aromatic rings. The highest BCUT2D eigenvalue weighted by Crippen LogP contribution is 2.44. The van der Waals surface area contributed by atoms with Gasteiger partial charge < -0.3 is 14.5 Å². The van der Waals surface area contributed by atoms with Gasteiger partial charge in [0.1, 0.15) is 5.52 Å². The lowest BCUT2D eigenvalue weighted by atomic mass is 10.2. The number of oxazole rings is 1. The molecule has 0 aliphatic heterocycles. The number of benzene rings is 1. The normalized spacial score (nSPS) is 12.6. The largest absolute Gasteiger partial charge is 0.463 e.